The molecule has 6 nitrogen and oxygen atoms in total. The van der Waals surface area contributed by atoms with Gasteiger partial charge in [0, 0.05) is 12.8 Å². The number of amides is 1. The maximum absolute atomic E-state index is 12.2. The lowest BCUT2D eigenvalue weighted by Crippen LogP contribution is -2.58. The van der Waals surface area contributed by atoms with Crippen LogP contribution in [0.2, 0.25) is 0 Å². The Kier molecular flexibility index (Phi) is 4.29. The molecule has 110 valence electrons. The Labute approximate surface area is 113 Å². The molecule has 1 N–H and O–H groups in total. The lowest BCUT2D eigenvalue weighted by atomic mass is 9.76. The van der Waals surface area contributed by atoms with Gasteiger partial charge in [0.15, 0.2) is 9.84 Å². The quantitative estimate of drug-likeness (QED) is 0.818. The van der Waals surface area contributed by atoms with Gasteiger partial charge in [0.2, 0.25) is 5.91 Å². The second-order valence-corrected chi connectivity index (χ2v) is 8.20. The van der Waals surface area contributed by atoms with Crippen LogP contribution in [0.3, 0.4) is 0 Å². The minimum absolute atomic E-state index is 0.291. The highest BCUT2D eigenvalue weighted by Gasteiger charge is 2.46. The van der Waals surface area contributed by atoms with Crippen LogP contribution in [-0.4, -0.2) is 54.4 Å². The van der Waals surface area contributed by atoms with E-state index in [1.54, 1.807) is 13.8 Å². The van der Waals surface area contributed by atoms with Crippen molar-refractivity contribution in [1.82, 2.24) is 4.90 Å². The lowest BCUT2D eigenvalue weighted by molar-refractivity contribution is -0.158. The average molecular weight is 291 g/mol. The van der Waals surface area contributed by atoms with Crippen LogP contribution in [0.1, 0.15) is 33.6 Å². The lowest BCUT2D eigenvalue weighted by Gasteiger charge is -2.44. The van der Waals surface area contributed by atoms with Crippen molar-refractivity contribution < 1.29 is 23.1 Å². The molecule has 1 rings (SSSR count). The van der Waals surface area contributed by atoms with E-state index in [1.807, 2.05) is 0 Å². The molecule has 0 aliphatic carbocycles. The molecule has 2 atom stereocenters. The van der Waals surface area contributed by atoms with Gasteiger partial charge in [0.1, 0.15) is 11.3 Å². The van der Waals surface area contributed by atoms with E-state index in [9.17, 15) is 23.1 Å². The van der Waals surface area contributed by atoms with Crippen LogP contribution in [0.25, 0.3) is 0 Å². The van der Waals surface area contributed by atoms with E-state index in [0.717, 1.165) is 6.26 Å². The Bertz CT molecular complexity index is 482. The predicted molar refractivity (Wildman–Crippen MR) is 70.5 cm³/mol. The Morgan fingerprint density at radius 3 is 2.32 bits per heavy atom. The molecule has 1 heterocycles. The number of carbonyl (C=O) groups excluding carboxylic acids is 1. The number of carboxylic acids is 1. The van der Waals surface area contributed by atoms with Crippen LogP contribution in [0.5, 0.6) is 0 Å². The molecule has 0 aromatic rings. The SMILES string of the molecule is CC(C(=O)N1CCCC(C)(C)C1C(=O)O)S(C)(=O)=O. The largest absolute Gasteiger partial charge is 0.480 e. The number of nitrogens with zero attached hydrogens (tertiary/aromatic N) is 1. The Morgan fingerprint density at radius 2 is 1.89 bits per heavy atom. The molecule has 19 heavy (non-hydrogen) atoms. The molecule has 1 saturated heterocycles. The zero-order valence-electron chi connectivity index (χ0n) is 11.7. The number of rotatable bonds is 3. The van der Waals surface area contributed by atoms with E-state index in [0.29, 0.717) is 19.4 Å². The zero-order chi connectivity index (χ0) is 15.0. The number of hydrogen-bond donors (Lipinski definition) is 1. The molecule has 0 radical (unpaired) electrons. The summed E-state index contributed by atoms with van der Waals surface area (Å²) in [6.07, 6.45) is 2.36. The minimum Gasteiger partial charge on any atom is -0.480 e. The van der Waals surface area contributed by atoms with Crippen molar-refractivity contribution in [2.45, 2.75) is 44.9 Å². The van der Waals surface area contributed by atoms with Crippen LogP contribution < -0.4 is 0 Å². The summed E-state index contributed by atoms with van der Waals surface area (Å²) in [5, 5.41) is 8.13. The molecule has 1 fully saturated rings. The molecule has 0 aromatic heterocycles. The van der Waals surface area contributed by atoms with Gasteiger partial charge in [-0.1, -0.05) is 13.8 Å². The molecule has 0 bridgehead atoms. The number of piperidine rings is 1. The predicted octanol–water partition coefficient (Wildman–Crippen LogP) is 0.521. The first-order valence-corrected chi connectivity index (χ1v) is 8.16. The molecule has 2 unspecified atom stereocenters. The molecular formula is C12H21NO5S. The fourth-order valence-electron chi connectivity index (χ4n) is 2.51. The van der Waals surface area contributed by atoms with Gasteiger partial charge < -0.3 is 10.0 Å². The summed E-state index contributed by atoms with van der Waals surface area (Å²) in [6, 6.07) is -0.974. The molecule has 1 amide bonds. The summed E-state index contributed by atoms with van der Waals surface area (Å²) in [5.74, 6) is -1.71. The number of hydrogen-bond acceptors (Lipinski definition) is 4. The highest BCUT2D eigenvalue weighted by molar-refractivity contribution is 7.92. The Balaban J connectivity index is 3.10. The maximum atomic E-state index is 12.2. The Hall–Kier alpha value is -1.11. The van der Waals surface area contributed by atoms with Crippen LogP contribution in [0.15, 0.2) is 0 Å². The maximum Gasteiger partial charge on any atom is 0.326 e. The number of carboxylic acid groups (broad SMARTS) is 1. The van der Waals surface area contributed by atoms with E-state index >= 15 is 0 Å². The first-order valence-electron chi connectivity index (χ1n) is 6.20. The van der Waals surface area contributed by atoms with Gasteiger partial charge in [0.25, 0.3) is 0 Å². The topological polar surface area (TPSA) is 91.8 Å². The van der Waals surface area contributed by atoms with Crippen LogP contribution >= 0.6 is 0 Å². The third-order valence-electron chi connectivity index (χ3n) is 3.78. The van der Waals surface area contributed by atoms with E-state index in [1.165, 1.54) is 11.8 Å². The van der Waals surface area contributed by atoms with Gasteiger partial charge in [-0.05, 0) is 25.2 Å². The molecule has 1 aliphatic heterocycles. The van der Waals surface area contributed by atoms with Gasteiger partial charge in [-0.2, -0.15) is 0 Å². The van der Waals surface area contributed by atoms with E-state index in [2.05, 4.69) is 0 Å². The van der Waals surface area contributed by atoms with Crippen molar-refractivity contribution in [2.24, 2.45) is 5.41 Å². The van der Waals surface area contributed by atoms with Crippen molar-refractivity contribution in [3.05, 3.63) is 0 Å². The standard InChI is InChI=1S/C12H21NO5S/c1-8(19(4,17)18)10(14)13-7-5-6-12(2,3)9(13)11(15)16/h8-9H,5-7H2,1-4H3,(H,15,16). The monoisotopic (exact) mass is 291 g/mol. The first kappa shape index (κ1) is 15.9. The van der Waals surface area contributed by atoms with Gasteiger partial charge >= 0.3 is 5.97 Å². The van der Waals surface area contributed by atoms with E-state index in [4.69, 9.17) is 0 Å². The number of aliphatic carboxylic acids is 1. The van der Waals surface area contributed by atoms with E-state index < -0.39 is 38.4 Å². The molecule has 7 heteroatoms. The normalized spacial score (nSPS) is 24.8. The fourth-order valence-corrected chi connectivity index (χ4v) is 3.02. The number of carbonyl (C=O) groups is 2. The van der Waals surface area contributed by atoms with E-state index in [-0.39, 0.29) is 0 Å². The Morgan fingerprint density at radius 1 is 1.37 bits per heavy atom. The van der Waals surface area contributed by atoms with Crippen molar-refractivity contribution in [1.29, 1.82) is 0 Å². The zero-order valence-corrected chi connectivity index (χ0v) is 12.5. The molecular weight excluding hydrogens is 270 g/mol. The summed E-state index contributed by atoms with van der Waals surface area (Å²) in [4.78, 5) is 24.9. The van der Waals surface area contributed by atoms with Crippen molar-refractivity contribution in [3.8, 4) is 0 Å². The smallest absolute Gasteiger partial charge is 0.326 e. The van der Waals surface area contributed by atoms with Crippen molar-refractivity contribution in [3.63, 3.8) is 0 Å². The second kappa shape index (κ2) is 5.11. The van der Waals surface area contributed by atoms with Crippen LogP contribution in [0.4, 0.5) is 0 Å². The van der Waals surface area contributed by atoms with Gasteiger partial charge in [-0.15, -0.1) is 0 Å². The summed E-state index contributed by atoms with van der Waals surface area (Å²) in [5.41, 5.74) is -0.559. The van der Waals surface area contributed by atoms with Crippen molar-refractivity contribution >= 4 is 21.7 Å². The summed E-state index contributed by atoms with van der Waals surface area (Å²) >= 11 is 0. The average Bonchev–Trinajstić information content (AvgIpc) is 2.23. The molecule has 0 saturated carbocycles. The third-order valence-corrected chi connectivity index (χ3v) is 5.27. The first-order chi connectivity index (χ1) is 8.48. The highest BCUT2D eigenvalue weighted by Crippen LogP contribution is 2.35. The van der Waals surface area contributed by atoms with Gasteiger partial charge in [0.05, 0.1) is 0 Å². The third kappa shape index (κ3) is 3.26. The molecule has 1 aliphatic rings. The van der Waals surface area contributed by atoms with Crippen LogP contribution in [-0.2, 0) is 19.4 Å². The van der Waals surface area contributed by atoms with Gasteiger partial charge in [-0.3, -0.25) is 4.79 Å². The number of sulfone groups is 1. The summed E-state index contributed by atoms with van der Waals surface area (Å²) in [7, 11) is -3.52. The summed E-state index contributed by atoms with van der Waals surface area (Å²) < 4.78 is 22.9. The highest BCUT2D eigenvalue weighted by atomic mass is 32.2. The number of likely N-dealkylation sites (tertiary alicyclic amines) is 1. The second-order valence-electron chi connectivity index (χ2n) is 5.84. The fraction of sp³-hybridized carbons (Fsp3) is 0.833. The summed E-state index contributed by atoms with van der Waals surface area (Å²) in [6.45, 7) is 5.17. The van der Waals surface area contributed by atoms with Crippen molar-refractivity contribution in [2.75, 3.05) is 12.8 Å². The minimum atomic E-state index is -3.52. The molecule has 0 aromatic carbocycles. The van der Waals surface area contributed by atoms with Crippen LogP contribution in [0, 0.1) is 5.41 Å². The molecule has 0 spiro atoms. The van der Waals surface area contributed by atoms with Gasteiger partial charge in [-0.25, -0.2) is 13.2 Å².